The first-order chi connectivity index (χ1) is 6.95. The van der Waals surface area contributed by atoms with E-state index in [1.165, 1.54) is 18.4 Å². The van der Waals surface area contributed by atoms with Gasteiger partial charge in [-0.2, -0.15) is 0 Å². The van der Waals surface area contributed by atoms with E-state index < -0.39 is 0 Å². The first-order valence-corrected chi connectivity index (χ1v) is 5.18. The number of rotatable bonds is 3. The van der Waals surface area contributed by atoms with E-state index in [1.807, 2.05) is 6.07 Å². The predicted octanol–water partition coefficient (Wildman–Crippen LogP) is 2.19. The SMILES string of the molecule is C(#CC1CC1)CNCc1ccccc1. The van der Waals surface area contributed by atoms with Gasteiger partial charge in [0.2, 0.25) is 0 Å². The van der Waals surface area contributed by atoms with Crippen molar-refractivity contribution in [2.75, 3.05) is 6.54 Å². The molecule has 1 aromatic rings. The topological polar surface area (TPSA) is 12.0 Å². The molecular formula is C13H15N. The largest absolute Gasteiger partial charge is 0.302 e. The Kier molecular flexibility index (Phi) is 3.21. The van der Waals surface area contributed by atoms with Crippen molar-refractivity contribution in [2.24, 2.45) is 5.92 Å². The summed E-state index contributed by atoms with van der Waals surface area (Å²) in [6, 6.07) is 10.4. The first kappa shape index (κ1) is 9.30. The zero-order chi connectivity index (χ0) is 9.64. The zero-order valence-electron chi connectivity index (χ0n) is 8.29. The quantitative estimate of drug-likeness (QED) is 0.562. The summed E-state index contributed by atoms with van der Waals surface area (Å²) >= 11 is 0. The maximum Gasteiger partial charge on any atom is 0.0579 e. The molecule has 1 fully saturated rings. The van der Waals surface area contributed by atoms with Gasteiger partial charge in [0.15, 0.2) is 0 Å². The Bertz CT molecular complexity index is 327. The summed E-state index contributed by atoms with van der Waals surface area (Å²) < 4.78 is 0. The highest BCUT2D eigenvalue weighted by Crippen LogP contribution is 2.27. The summed E-state index contributed by atoms with van der Waals surface area (Å²) in [5, 5.41) is 3.31. The third-order valence-electron chi connectivity index (χ3n) is 2.27. The Morgan fingerprint density at radius 2 is 2.00 bits per heavy atom. The van der Waals surface area contributed by atoms with Gasteiger partial charge >= 0.3 is 0 Å². The molecular weight excluding hydrogens is 170 g/mol. The fraction of sp³-hybridized carbons (Fsp3) is 0.385. The van der Waals surface area contributed by atoms with Crippen molar-refractivity contribution in [3.63, 3.8) is 0 Å². The highest BCUT2D eigenvalue weighted by Gasteiger charge is 2.17. The number of hydrogen-bond acceptors (Lipinski definition) is 1. The van der Waals surface area contributed by atoms with Gasteiger partial charge < -0.3 is 5.32 Å². The van der Waals surface area contributed by atoms with E-state index in [0.717, 1.165) is 13.1 Å². The monoisotopic (exact) mass is 185 g/mol. The summed E-state index contributed by atoms with van der Waals surface area (Å²) in [6.45, 7) is 1.73. The van der Waals surface area contributed by atoms with Gasteiger partial charge in [-0.25, -0.2) is 0 Å². The molecule has 1 aromatic carbocycles. The van der Waals surface area contributed by atoms with Crippen LogP contribution in [0.25, 0.3) is 0 Å². The summed E-state index contributed by atoms with van der Waals surface area (Å²) in [7, 11) is 0. The summed E-state index contributed by atoms with van der Waals surface area (Å²) in [6.07, 6.45) is 2.62. The molecule has 0 amide bonds. The smallest absolute Gasteiger partial charge is 0.0579 e. The molecule has 0 bridgehead atoms. The number of nitrogens with one attached hydrogen (secondary N) is 1. The lowest BCUT2D eigenvalue weighted by Gasteiger charge is -1.99. The van der Waals surface area contributed by atoms with Gasteiger partial charge in [0.25, 0.3) is 0 Å². The van der Waals surface area contributed by atoms with E-state index in [0.29, 0.717) is 5.92 Å². The minimum atomic E-state index is 0.716. The van der Waals surface area contributed by atoms with Crippen LogP contribution in [-0.4, -0.2) is 6.54 Å². The molecule has 72 valence electrons. The molecule has 0 aromatic heterocycles. The molecule has 0 heterocycles. The molecule has 1 aliphatic carbocycles. The molecule has 0 spiro atoms. The molecule has 0 atom stereocenters. The maximum atomic E-state index is 3.31. The molecule has 1 N–H and O–H groups in total. The van der Waals surface area contributed by atoms with Crippen LogP contribution in [0, 0.1) is 17.8 Å². The second-order valence-corrected chi connectivity index (χ2v) is 3.68. The van der Waals surface area contributed by atoms with Crippen LogP contribution in [0.1, 0.15) is 18.4 Å². The summed E-state index contributed by atoms with van der Waals surface area (Å²) in [5.41, 5.74) is 1.32. The second kappa shape index (κ2) is 4.83. The van der Waals surface area contributed by atoms with Crippen molar-refractivity contribution in [2.45, 2.75) is 19.4 Å². The number of benzene rings is 1. The molecule has 0 aliphatic heterocycles. The molecule has 1 saturated carbocycles. The second-order valence-electron chi connectivity index (χ2n) is 3.68. The van der Waals surface area contributed by atoms with Crippen LogP contribution in [-0.2, 0) is 6.54 Å². The van der Waals surface area contributed by atoms with Crippen LogP contribution in [0.5, 0.6) is 0 Å². The molecule has 1 nitrogen and oxygen atoms in total. The van der Waals surface area contributed by atoms with Crippen molar-refractivity contribution in [1.29, 1.82) is 0 Å². The van der Waals surface area contributed by atoms with Crippen molar-refractivity contribution in [3.8, 4) is 11.8 Å². The van der Waals surface area contributed by atoms with Crippen molar-refractivity contribution in [3.05, 3.63) is 35.9 Å². The fourth-order valence-corrected chi connectivity index (χ4v) is 1.29. The Hall–Kier alpha value is -1.26. The molecule has 0 saturated heterocycles. The van der Waals surface area contributed by atoms with Crippen LogP contribution in [0.4, 0.5) is 0 Å². The van der Waals surface area contributed by atoms with Crippen molar-refractivity contribution in [1.82, 2.24) is 5.32 Å². The Morgan fingerprint density at radius 3 is 2.71 bits per heavy atom. The zero-order valence-corrected chi connectivity index (χ0v) is 8.29. The highest BCUT2D eigenvalue weighted by atomic mass is 14.8. The van der Waals surface area contributed by atoms with Gasteiger partial charge in [-0.05, 0) is 18.4 Å². The molecule has 0 radical (unpaired) electrons. The molecule has 2 rings (SSSR count). The van der Waals surface area contributed by atoms with Crippen molar-refractivity contribution >= 4 is 0 Å². The molecule has 14 heavy (non-hydrogen) atoms. The van der Waals surface area contributed by atoms with Gasteiger partial charge in [-0.15, -0.1) is 0 Å². The minimum absolute atomic E-state index is 0.716. The van der Waals surface area contributed by atoms with E-state index in [9.17, 15) is 0 Å². The van der Waals surface area contributed by atoms with Crippen molar-refractivity contribution < 1.29 is 0 Å². The van der Waals surface area contributed by atoms with E-state index >= 15 is 0 Å². The first-order valence-electron chi connectivity index (χ1n) is 5.18. The molecule has 0 unspecified atom stereocenters. The average Bonchev–Trinajstić information content (AvgIpc) is 3.03. The average molecular weight is 185 g/mol. The van der Waals surface area contributed by atoms with E-state index in [-0.39, 0.29) is 0 Å². The molecule has 1 heteroatoms. The van der Waals surface area contributed by atoms with Gasteiger partial charge in [0.1, 0.15) is 0 Å². The van der Waals surface area contributed by atoms with Gasteiger partial charge in [-0.3, -0.25) is 0 Å². The Labute approximate surface area is 85.5 Å². The van der Waals surface area contributed by atoms with E-state index in [4.69, 9.17) is 0 Å². The maximum absolute atomic E-state index is 3.31. The lowest BCUT2D eigenvalue weighted by molar-refractivity contribution is 0.769. The highest BCUT2D eigenvalue weighted by molar-refractivity contribution is 5.15. The normalized spacial score (nSPS) is 14.6. The third kappa shape index (κ3) is 3.24. The Morgan fingerprint density at radius 1 is 1.21 bits per heavy atom. The molecule has 1 aliphatic rings. The van der Waals surface area contributed by atoms with Crippen LogP contribution < -0.4 is 5.32 Å². The lowest BCUT2D eigenvalue weighted by atomic mass is 10.2. The lowest BCUT2D eigenvalue weighted by Crippen LogP contribution is -2.12. The summed E-state index contributed by atoms with van der Waals surface area (Å²) in [4.78, 5) is 0. The van der Waals surface area contributed by atoms with E-state index in [1.54, 1.807) is 0 Å². The van der Waals surface area contributed by atoms with Gasteiger partial charge in [0, 0.05) is 12.5 Å². The van der Waals surface area contributed by atoms with Gasteiger partial charge in [-0.1, -0.05) is 42.2 Å². The minimum Gasteiger partial charge on any atom is -0.302 e. The van der Waals surface area contributed by atoms with Gasteiger partial charge in [0.05, 0.1) is 6.54 Å². The van der Waals surface area contributed by atoms with E-state index in [2.05, 4.69) is 41.4 Å². The third-order valence-corrected chi connectivity index (χ3v) is 2.27. The standard InChI is InChI=1S/C13H15N/c1-2-5-13(6-3-1)11-14-10-4-7-12-8-9-12/h1-3,5-6,12,14H,8-11H2. The van der Waals surface area contributed by atoms with Crippen LogP contribution in [0.2, 0.25) is 0 Å². The van der Waals surface area contributed by atoms with Crippen LogP contribution in [0.3, 0.4) is 0 Å². The predicted molar refractivity (Wildman–Crippen MR) is 58.6 cm³/mol. The van der Waals surface area contributed by atoms with Crippen LogP contribution >= 0.6 is 0 Å². The fourth-order valence-electron chi connectivity index (χ4n) is 1.29. The Balaban J connectivity index is 1.66. The number of hydrogen-bond donors (Lipinski definition) is 1. The summed E-state index contributed by atoms with van der Waals surface area (Å²) in [5.74, 6) is 7.10. The van der Waals surface area contributed by atoms with Crippen LogP contribution in [0.15, 0.2) is 30.3 Å².